The maximum Gasteiger partial charge on any atom is 0.0594 e. The molecule has 0 aliphatic heterocycles. The molecule has 4 rings (SSSR count). The van der Waals surface area contributed by atoms with Crippen LogP contribution in [-0.4, -0.2) is 11.2 Å². The average molecular weight is 319 g/mol. The van der Waals surface area contributed by atoms with Crippen LogP contribution in [0, 0.1) is 39.9 Å². The molecule has 1 nitrogen and oxygen atoms in total. The molecule has 4 unspecified atom stereocenters. The first-order chi connectivity index (χ1) is 10.8. The van der Waals surface area contributed by atoms with E-state index in [1.807, 2.05) is 0 Å². The summed E-state index contributed by atoms with van der Waals surface area (Å²) in [6, 6.07) is 0. The van der Waals surface area contributed by atoms with Crippen molar-refractivity contribution in [1.29, 1.82) is 0 Å². The Balaban J connectivity index is 1.69. The third-order valence-corrected chi connectivity index (χ3v) is 9.66. The Morgan fingerprint density at radius 1 is 0.696 bits per heavy atom. The highest BCUT2D eigenvalue weighted by Crippen LogP contribution is 2.70. The SMILES string of the molecule is CC1(C)C2CC[C@@]3(C)C4CCCCC4CCC3[C@@]2(C)CC[C@H]1O. The van der Waals surface area contributed by atoms with E-state index in [1.54, 1.807) is 0 Å². The zero-order valence-electron chi connectivity index (χ0n) is 15.9. The first kappa shape index (κ1) is 16.4. The summed E-state index contributed by atoms with van der Waals surface area (Å²) in [4.78, 5) is 0. The molecule has 4 saturated carbocycles. The quantitative estimate of drug-likeness (QED) is 0.598. The predicted octanol–water partition coefficient (Wildman–Crippen LogP) is 5.81. The highest BCUT2D eigenvalue weighted by atomic mass is 16.3. The number of hydrogen-bond donors (Lipinski definition) is 1. The second-order valence-electron chi connectivity index (χ2n) is 10.8. The number of aliphatic hydroxyl groups excluding tert-OH is 1. The minimum atomic E-state index is -0.0871. The van der Waals surface area contributed by atoms with E-state index in [9.17, 15) is 5.11 Å². The Hall–Kier alpha value is -0.0400. The predicted molar refractivity (Wildman–Crippen MR) is 96.1 cm³/mol. The molecule has 0 radical (unpaired) electrons. The fraction of sp³-hybridized carbons (Fsp3) is 1.00. The van der Waals surface area contributed by atoms with Crippen molar-refractivity contribution in [3.05, 3.63) is 0 Å². The first-order valence-electron chi connectivity index (χ1n) is 10.5. The van der Waals surface area contributed by atoms with Gasteiger partial charge in [0, 0.05) is 0 Å². The second-order valence-corrected chi connectivity index (χ2v) is 10.8. The molecule has 0 saturated heterocycles. The van der Waals surface area contributed by atoms with Crippen LogP contribution in [-0.2, 0) is 0 Å². The molecule has 7 atom stereocenters. The van der Waals surface area contributed by atoms with Crippen molar-refractivity contribution in [2.45, 2.75) is 98.0 Å². The number of hydrogen-bond acceptors (Lipinski definition) is 1. The molecule has 0 aromatic heterocycles. The molecule has 4 fully saturated rings. The molecule has 4 aliphatic carbocycles. The van der Waals surface area contributed by atoms with Gasteiger partial charge in [-0.05, 0) is 84.9 Å². The third-order valence-electron chi connectivity index (χ3n) is 9.66. The van der Waals surface area contributed by atoms with E-state index in [2.05, 4.69) is 27.7 Å². The van der Waals surface area contributed by atoms with Gasteiger partial charge < -0.3 is 5.11 Å². The molecule has 0 aromatic carbocycles. The zero-order valence-corrected chi connectivity index (χ0v) is 15.9. The van der Waals surface area contributed by atoms with Crippen molar-refractivity contribution < 1.29 is 5.11 Å². The summed E-state index contributed by atoms with van der Waals surface area (Å²) in [5.41, 5.74) is 1.17. The lowest BCUT2D eigenvalue weighted by atomic mass is 9.37. The van der Waals surface area contributed by atoms with Crippen molar-refractivity contribution >= 4 is 0 Å². The maximum absolute atomic E-state index is 10.6. The lowest BCUT2D eigenvalue weighted by Crippen LogP contribution is -2.61. The van der Waals surface area contributed by atoms with Gasteiger partial charge in [0.2, 0.25) is 0 Å². The van der Waals surface area contributed by atoms with Gasteiger partial charge in [-0.2, -0.15) is 0 Å². The molecule has 0 aromatic rings. The Bertz CT molecular complexity index is 469. The van der Waals surface area contributed by atoms with Crippen LogP contribution in [0.4, 0.5) is 0 Å². The van der Waals surface area contributed by atoms with Gasteiger partial charge in [0.15, 0.2) is 0 Å². The minimum Gasteiger partial charge on any atom is -0.393 e. The van der Waals surface area contributed by atoms with Crippen molar-refractivity contribution in [2.75, 3.05) is 0 Å². The highest BCUT2D eigenvalue weighted by molar-refractivity contribution is 5.12. The van der Waals surface area contributed by atoms with Crippen molar-refractivity contribution in [3.63, 3.8) is 0 Å². The van der Waals surface area contributed by atoms with Gasteiger partial charge in [0.1, 0.15) is 0 Å². The average Bonchev–Trinajstić information content (AvgIpc) is 2.51. The van der Waals surface area contributed by atoms with E-state index >= 15 is 0 Å². The highest BCUT2D eigenvalue weighted by Gasteiger charge is 2.63. The maximum atomic E-state index is 10.6. The Labute approximate surface area is 143 Å². The third kappa shape index (κ3) is 2.14. The first-order valence-corrected chi connectivity index (χ1v) is 10.5. The molecule has 0 heterocycles. The van der Waals surface area contributed by atoms with Crippen LogP contribution < -0.4 is 0 Å². The second kappa shape index (κ2) is 5.23. The molecule has 1 heteroatoms. The largest absolute Gasteiger partial charge is 0.393 e. The molecule has 4 aliphatic rings. The standard InChI is InChI=1S/C22H38O/c1-20(2)17-11-13-21(3)16-8-6-5-7-15(16)9-10-18(21)22(17,4)14-12-19(20)23/h15-19,23H,5-14H2,1-4H3/t15?,16?,17?,18?,19-,21+,22+/m1/s1. The van der Waals surface area contributed by atoms with E-state index in [-0.39, 0.29) is 11.5 Å². The summed E-state index contributed by atoms with van der Waals surface area (Å²) in [7, 11) is 0. The van der Waals surface area contributed by atoms with Gasteiger partial charge >= 0.3 is 0 Å². The van der Waals surface area contributed by atoms with Crippen LogP contribution in [0.2, 0.25) is 0 Å². The van der Waals surface area contributed by atoms with E-state index < -0.39 is 0 Å². The summed E-state index contributed by atoms with van der Waals surface area (Å²) in [6.45, 7) is 10.0. The molecule has 23 heavy (non-hydrogen) atoms. The summed E-state index contributed by atoms with van der Waals surface area (Å²) in [5.74, 6) is 3.66. The summed E-state index contributed by atoms with van der Waals surface area (Å²) >= 11 is 0. The summed E-state index contributed by atoms with van der Waals surface area (Å²) in [5, 5.41) is 10.6. The van der Waals surface area contributed by atoms with Gasteiger partial charge in [-0.25, -0.2) is 0 Å². The minimum absolute atomic E-state index is 0.0871. The Morgan fingerprint density at radius 2 is 1.39 bits per heavy atom. The van der Waals surface area contributed by atoms with Crippen LogP contribution >= 0.6 is 0 Å². The number of fused-ring (bicyclic) bond motifs is 5. The van der Waals surface area contributed by atoms with Crippen LogP contribution in [0.5, 0.6) is 0 Å². The lowest BCUT2D eigenvalue weighted by Gasteiger charge is -2.68. The van der Waals surface area contributed by atoms with E-state index in [0.717, 1.165) is 30.1 Å². The van der Waals surface area contributed by atoms with Gasteiger partial charge in [0.25, 0.3) is 0 Å². The smallest absolute Gasteiger partial charge is 0.0594 e. The van der Waals surface area contributed by atoms with Gasteiger partial charge in [0.05, 0.1) is 6.10 Å². The monoisotopic (exact) mass is 318 g/mol. The van der Waals surface area contributed by atoms with Crippen LogP contribution in [0.15, 0.2) is 0 Å². The van der Waals surface area contributed by atoms with Crippen LogP contribution in [0.1, 0.15) is 91.9 Å². The van der Waals surface area contributed by atoms with Crippen molar-refractivity contribution in [2.24, 2.45) is 39.9 Å². The summed E-state index contributed by atoms with van der Waals surface area (Å²) in [6.07, 6.45) is 13.9. The Kier molecular flexibility index (Phi) is 3.73. The van der Waals surface area contributed by atoms with Gasteiger partial charge in [-0.1, -0.05) is 47.0 Å². The molecular weight excluding hydrogens is 280 g/mol. The lowest BCUT2D eigenvalue weighted by molar-refractivity contribution is -0.204. The zero-order chi connectivity index (χ0) is 16.5. The van der Waals surface area contributed by atoms with Crippen molar-refractivity contribution in [1.82, 2.24) is 0 Å². The topological polar surface area (TPSA) is 20.2 Å². The molecular formula is C22H38O. The van der Waals surface area contributed by atoms with E-state index in [1.165, 1.54) is 57.8 Å². The van der Waals surface area contributed by atoms with Gasteiger partial charge in [-0.15, -0.1) is 0 Å². The molecule has 132 valence electrons. The number of aliphatic hydroxyl groups is 1. The summed E-state index contributed by atoms with van der Waals surface area (Å²) < 4.78 is 0. The fourth-order valence-electron chi connectivity index (χ4n) is 8.48. The van der Waals surface area contributed by atoms with Crippen molar-refractivity contribution in [3.8, 4) is 0 Å². The van der Waals surface area contributed by atoms with E-state index in [4.69, 9.17) is 0 Å². The van der Waals surface area contributed by atoms with E-state index in [0.29, 0.717) is 10.8 Å². The van der Waals surface area contributed by atoms with Crippen LogP contribution in [0.25, 0.3) is 0 Å². The fourth-order valence-corrected chi connectivity index (χ4v) is 8.48. The molecule has 0 amide bonds. The van der Waals surface area contributed by atoms with Crippen LogP contribution in [0.3, 0.4) is 0 Å². The molecule has 0 spiro atoms. The van der Waals surface area contributed by atoms with Gasteiger partial charge in [-0.3, -0.25) is 0 Å². The molecule has 1 N–H and O–H groups in total. The Morgan fingerprint density at radius 3 is 2.17 bits per heavy atom. The normalized spacial score (nSPS) is 55.4. The number of rotatable bonds is 0. The molecule has 0 bridgehead atoms.